The Kier molecular flexibility index (Phi) is 6.04. The minimum Gasteiger partial charge on any atom is -0.267 e. The number of nitrogens with zero attached hydrogens (tertiary/aromatic N) is 3. The molecule has 0 N–H and O–H groups in total. The quantitative estimate of drug-likeness (QED) is 0.284. The summed E-state index contributed by atoms with van der Waals surface area (Å²) in [6, 6.07) is 20.8. The molecule has 3 heterocycles. The summed E-state index contributed by atoms with van der Waals surface area (Å²) in [5.41, 5.74) is 2.22. The Morgan fingerprint density at radius 1 is 1.03 bits per heavy atom. The summed E-state index contributed by atoms with van der Waals surface area (Å²) in [5.74, 6) is 0.453. The van der Waals surface area contributed by atoms with Crippen LogP contribution >= 0.6 is 23.1 Å². The van der Waals surface area contributed by atoms with Crippen LogP contribution in [0.2, 0.25) is 0 Å². The molecule has 3 aromatic heterocycles. The van der Waals surface area contributed by atoms with Gasteiger partial charge in [0.05, 0.1) is 15.8 Å². The van der Waals surface area contributed by atoms with E-state index in [-0.39, 0.29) is 5.56 Å². The molecule has 0 spiro atoms. The largest absolute Gasteiger partial charge is 0.276 e. The Bertz CT molecular complexity index is 1500. The molecule has 0 atom stereocenters. The summed E-state index contributed by atoms with van der Waals surface area (Å²) in [6.45, 7) is 4.37. The number of fused-ring (bicyclic) bond motifs is 2. The Balaban J connectivity index is 1.73. The van der Waals surface area contributed by atoms with Crippen molar-refractivity contribution in [2.75, 3.05) is 0 Å². The van der Waals surface area contributed by atoms with Crippen molar-refractivity contribution in [3.8, 4) is 0 Å². The van der Waals surface area contributed by atoms with Crippen molar-refractivity contribution in [3.05, 3.63) is 93.3 Å². The first-order valence-electron chi connectivity index (χ1n) is 11.1. The molecule has 4 nitrogen and oxygen atoms in total. The topological polar surface area (TPSA) is 47.8 Å². The van der Waals surface area contributed by atoms with Crippen LogP contribution in [0.3, 0.4) is 0 Å². The highest BCUT2D eigenvalue weighted by Crippen LogP contribution is 2.42. The summed E-state index contributed by atoms with van der Waals surface area (Å²) in [7, 11) is 1.75. The van der Waals surface area contributed by atoms with Crippen LogP contribution < -0.4 is 5.56 Å². The fourth-order valence-corrected chi connectivity index (χ4v) is 6.63. The number of hydrogen-bond acceptors (Lipinski definition) is 5. The van der Waals surface area contributed by atoms with Crippen LogP contribution in [0.1, 0.15) is 30.0 Å². The molecule has 0 radical (unpaired) electrons. The number of thiophene rings is 1. The van der Waals surface area contributed by atoms with E-state index in [1.807, 2.05) is 18.2 Å². The van der Waals surface area contributed by atoms with E-state index in [9.17, 15) is 4.79 Å². The van der Waals surface area contributed by atoms with Gasteiger partial charge in [-0.05, 0) is 40.8 Å². The smallest absolute Gasteiger partial charge is 0.267 e. The molecule has 5 aromatic rings. The fraction of sp³-hybridized carbons (Fsp3) is 0.222. The van der Waals surface area contributed by atoms with Crippen molar-refractivity contribution in [1.29, 1.82) is 0 Å². The first-order chi connectivity index (χ1) is 16.0. The summed E-state index contributed by atoms with van der Waals surface area (Å²) in [6.07, 6.45) is 3.40. The highest BCUT2D eigenvalue weighted by Gasteiger charge is 2.22. The molecule has 0 bridgehead atoms. The molecule has 0 aliphatic carbocycles. The van der Waals surface area contributed by atoms with E-state index in [1.54, 1.807) is 36.3 Å². The van der Waals surface area contributed by atoms with Crippen molar-refractivity contribution in [2.24, 2.45) is 13.0 Å². The second kappa shape index (κ2) is 9.12. The lowest BCUT2D eigenvalue weighted by Crippen LogP contribution is -2.21. The van der Waals surface area contributed by atoms with Crippen LogP contribution in [0.15, 0.2) is 81.6 Å². The van der Waals surface area contributed by atoms with Gasteiger partial charge in [-0.2, -0.15) is 5.10 Å². The van der Waals surface area contributed by atoms with Crippen LogP contribution in [0.4, 0.5) is 0 Å². The lowest BCUT2D eigenvalue weighted by molar-refractivity contribution is 0.606. The molecular formula is C27H25N3OS2. The number of benzene rings is 2. The third-order valence-corrected chi connectivity index (χ3v) is 8.12. The molecule has 2 aromatic carbocycles. The monoisotopic (exact) mass is 471 g/mol. The van der Waals surface area contributed by atoms with Gasteiger partial charge >= 0.3 is 0 Å². The highest BCUT2D eigenvalue weighted by molar-refractivity contribution is 7.99. The van der Waals surface area contributed by atoms with Crippen LogP contribution in [0, 0.1) is 5.92 Å². The van der Waals surface area contributed by atoms with Gasteiger partial charge in [-0.25, -0.2) is 9.67 Å². The molecule has 0 unspecified atom stereocenters. The molecule has 0 amide bonds. The minimum absolute atomic E-state index is 0.0450. The van der Waals surface area contributed by atoms with E-state index in [2.05, 4.69) is 66.4 Å². The molecule has 0 aliphatic rings. The van der Waals surface area contributed by atoms with Crippen LogP contribution in [0.5, 0.6) is 0 Å². The van der Waals surface area contributed by atoms with Crippen LogP contribution in [0.25, 0.3) is 20.9 Å². The van der Waals surface area contributed by atoms with Crippen molar-refractivity contribution in [2.45, 2.75) is 36.6 Å². The molecule has 33 heavy (non-hydrogen) atoms. The first kappa shape index (κ1) is 21.9. The van der Waals surface area contributed by atoms with Gasteiger partial charge in [0.2, 0.25) is 0 Å². The van der Waals surface area contributed by atoms with Crippen molar-refractivity contribution >= 4 is 44.0 Å². The predicted molar refractivity (Wildman–Crippen MR) is 139 cm³/mol. The van der Waals surface area contributed by atoms with E-state index in [0.29, 0.717) is 5.92 Å². The van der Waals surface area contributed by atoms with Gasteiger partial charge in [-0.15, -0.1) is 11.3 Å². The number of rotatable bonds is 6. The average molecular weight is 472 g/mol. The Labute approximate surface area is 201 Å². The van der Waals surface area contributed by atoms with E-state index in [4.69, 9.17) is 0 Å². The molecule has 6 heteroatoms. The third-order valence-electron chi connectivity index (χ3n) is 5.65. The molecule has 5 rings (SSSR count). The first-order valence-corrected chi connectivity index (χ1v) is 12.7. The molecular weight excluding hydrogens is 446 g/mol. The van der Waals surface area contributed by atoms with E-state index in [0.717, 1.165) is 38.5 Å². The molecule has 0 saturated heterocycles. The average Bonchev–Trinajstić information content (AvgIpc) is 3.16. The van der Waals surface area contributed by atoms with E-state index in [1.165, 1.54) is 25.9 Å². The Morgan fingerprint density at radius 2 is 1.82 bits per heavy atom. The van der Waals surface area contributed by atoms with Crippen molar-refractivity contribution in [3.63, 3.8) is 0 Å². The summed E-state index contributed by atoms with van der Waals surface area (Å²) in [4.78, 5) is 20.0. The van der Waals surface area contributed by atoms with Gasteiger partial charge in [0.15, 0.2) is 0 Å². The standard InChI is InChI=1S/C27H25N3OS2/c1-17(2)15-21-25-24(27(31)30(3)29-21)26(33-23-13-6-7-14-28-23)22(32-25)16-19-11-8-10-18-9-4-5-12-20(18)19/h4-14,17H,15-16H2,1-3H3. The van der Waals surface area contributed by atoms with Gasteiger partial charge in [0.1, 0.15) is 5.03 Å². The van der Waals surface area contributed by atoms with Gasteiger partial charge in [0, 0.05) is 29.4 Å². The SMILES string of the molecule is CC(C)Cc1nn(C)c(=O)c2c(Sc3ccccn3)c(Cc3cccc4ccccc34)sc12. The molecule has 0 fully saturated rings. The molecule has 0 saturated carbocycles. The number of aromatic nitrogens is 3. The zero-order valence-corrected chi connectivity index (χ0v) is 20.5. The minimum atomic E-state index is -0.0450. The number of pyridine rings is 1. The lowest BCUT2D eigenvalue weighted by atomic mass is 10.0. The van der Waals surface area contributed by atoms with Crippen LogP contribution in [-0.4, -0.2) is 14.8 Å². The number of hydrogen-bond donors (Lipinski definition) is 0. The predicted octanol–water partition coefficient (Wildman–Crippen LogP) is 6.48. The van der Waals surface area contributed by atoms with Gasteiger partial charge < -0.3 is 0 Å². The maximum absolute atomic E-state index is 13.3. The lowest BCUT2D eigenvalue weighted by Gasteiger charge is -2.08. The maximum atomic E-state index is 13.3. The van der Waals surface area contributed by atoms with Gasteiger partial charge in [0.25, 0.3) is 5.56 Å². The Hall–Kier alpha value is -2.96. The zero-order valence-electron chi connectivity index (χ0n) is 18.9. The second-order valence-corrected chi connectivity index (χ2v) is 10.8. The highest BCUT2D eigenvalue weighted by atomic mass is 32.2. The Morgan fingerprint density at radius 3 is 2.61 bits per heavy atom. The van der Waals surface area contributed by atoms with Crippen molar-refractivity contribution in [1.82, 2.24) is 14.8 Å². The number of aryl methyl sites for hydroxylation is 1. The van der Waals surface area contributed by atoms with Gasteiger partial charge in [-0.3, -0.25) is 4.79 Å². The molecule has 0 aliphatic heterocycles. The maximum Gasteiger partial charge on any atom is 0.276 e. The summed E-state index contributed by atoms with van der Waals surface area (Å²) in [5, 5.41) is 8.79. The summed E-state index contributed by atoms with van der Waals surface area (Å²) >= 11 is 3.30. The van der Waals surface area contributed by atoms with E-state index >= 15 is 0 Å². The van der Waals surface area contributed by atoms with Crippen molar-refractivity contribution < 1.29 is 0 Å². The third kappa shape index (κ3) is 4.33. The zero-order chi connectivity index (χ0) is 22.9. The summed E-state index contributed by atoms with van der Waals surface area (Å²) < 4.78 is 2.51. The van der Waals surface area contributed by atoms with Crippen LogP contribution in [-0.2, 0) is 19.9 Å². The van der Waals surface area contributed by atoms with E-state index < -0.39 is 0 Å². The normalized spacial score (nSPS) is 11.6. The molecule has 166 valence electrons. The fourth-order valence-electron chi connectivity index (χ4n) is 4.17. The second-order valence-electron chi connectivity index (χ2n) is 8.62. The van der Waals surface area contributed by atoms with Gasteiger partial charge in [-0.1, -0.05) is 74.1 Å².